The number of hydrogen-bond donors (Lipinski definition) is 0. The molecule has 0 amide bonds. The standard InChI is InChI=1S/C12H18O2/c1-4-12(2,3)14-13-10-11-8-6-5-7-9-11/h5-9H,4,10H2,1-3H3. The van der Waals surface area contributed by atoms with E-state index >= 15 is 0 Å². The quantitative estimate of drug-likeness (QED) is 0.528. The van der Waals surface area contributed by atoms with Gasteiger partial charge in [-0.3, -0.25) is 0 Å². The normalized spacial score (nSPS) is 11.6. The summed E-state index contributed by atoms with van der Waals surface area (Å²) in [6.07, 6.45) is 0.932. The molecule has 1 rings (SSSR count). The third-order valence-electron chi connectivity index (χ3n) is 2.20. The lowest BCUT2D eigenvalue weighted by molar-refractivity contribution is -0.361. The molecule has 1 aromatic carbocycles. The summed E-state index contributed by atoms with van der Waals surface area (Å²) >= 11 is 0. The molecule has 0 unspecified atom stereocenters. The van der Waals surface area contributed by atoms with Crippen LogP contribution in [-0.4, -0.2) is 5.60 Å². The second-order valence-electron chi connectivity index (χ2n) is 3.94. The Kier molecular flexibility index (Phi) is 4.11. The highest BCUT2D eigenvalue weighted by atomic mass is 17.2. The molecule has 0 spiro atoms. The van der Waals surface area contributed by atoms with Crippen LogP contribution in [0.5, 0.6) is 0 Å². The van der Waals surface area contributed by atoms with E-state index in [2.05, 4.69) is 6.92 Å². The Bertz CT molecular complexity index is 254. The topological polar surface area (TPSA) is 18.5 Å². The molecule has 0 fully saturated rings. The van der Waals surface area contributed by atoms with Crippen molar-refractivity contribution in [3.8, 4) is 0 Å². The summed E-state index contributed by atoms with van der Waals surface area (Å²) in [5.41, 5.74) is 0.925. The van der Waals surface area contributed by atoms with Crippen LogP contribution in [0, 0.1) is 0 Å². The van der Waals surface area contributed by atoms with E-state index in [1.807, 2.05) is 44.2 Å². The van der Waals surface area contributed by atoms with E-state index in [9.17, 15) is 0 Å². The van der Waals surface area contributed by atoms with Gasteiger partial charge < -0.3 is 0 Å². The zero-order valence-electron chi connectivity index (χ0n) is 9.12. The first-order valence-corrected chi connectivity index (χ1v) is 4.98. The van der Waals surface area contributed by atoms with Gasteiger partial charge in [0.15, 0.2) is 0 Å². The largest absolute Gasteiger partial charge is 0.231 e. The van der Waals surface area contributed by atoms with E-state index in [1.165, 1.54) is 0 Å². The van der Waals surface area contributed by atoms with Crippen LogP contribution in [0.4, 0.5) is 0 Å². The molecule has 2 nitrogen and oxygen atoms in total. The highest BCUT2D eigenvalue weighted by Gasteiger charge is 2.16. The fourth-order valence-electron chi connectivity index (χ4n) is 0.890. The monoisotopic (exact) mass is 194 g/mol. The van der Waals surface area contributed by atoms with Crippen molar-refractivity contribution in [3.63, 3.8) is 0 Å². The Labute approximate surface area is 85.8 Å². The van der Waals surface area contributed by atoms with Crippen LogP contribution in [0.15, 0.2) is 30.3 Å². The first-order valence-electron chi connectivity index (χ1n) is 4.98. The molecule has 14 heavy (non-hydrogen) atoms. The SMILES string of the molecule is CCC(C)(C)OOCc1ccccc1. The number of rotatable bonds is 5. The highest BCUT2D eigenvalue weighted by molar-refractivity contribution is 5.13. The molecule has 0 heterocycles. The van der Waals surface area contributed by atoms with Crippen LogP contribution in [0.25, 0.3) is 0 Å². The van der Waals surface area contributed by atoms with Crippen LogP contribution in [0.1, 0.15) is 32.8 Å². The maximum atomic E-state index is 5.28. The molecule has 0 N–H and O–H groups in total. The molecule has 0 bridgehead atoms. The number of hydrogen-bond acceptors (Lipinski definition) is 2. The van der Waals surface area contributed by atoms with Crippen molar-refractivity contribution >= 4 is 0 Å². The summed E-state index contributed by atoms with van der Waals surface area (Å²) in [7, 11) is 0. The molecule has 0 radical (unpaired) electrons. The molecule has 78 valence electrons. The summed E-state index contributed by atoms with van der Waals surface area (Å²) < 4.78 is 0. The summed E-state index contributed by atoms with van der Waals surface area (Å²) in [6.45, 7) is 6.60. The zero-order valence-corrected chi connectivity index (χ0v) is 9.12. The van der Waals surface area contributed by atoms with Gasteiger partial charge in [0.1, 0.15) is 6.61 Å². The smallest absolute Gasteiger partial charge is 0.107 e. The summed E-state index contributed by atoms with van der Waals surface area (Å²) in [5, 5.41) is 0. The van der Waals surface area contributed by atoms with Crippen LogP contribution >= 0.6 is 0 Å². The van der Waals surface area contributed by atoms with E-state index in [0.717, 1.165) is 12.0 Å². The van der Waals surface area contributed by atoms with Crippen molar-refractivity contribution in [1.29, 1.82) is 0 Å². The van der Waals surface area contributed by atoms with Gasteiger partial charge in [-0.25, -0.2) is 9.78 Å². The molecule has 0 aliphatic carbocycles. The average molecular weight is 194 g/mol. The van der Waals surface area contributed by atoms with Crippen molar-refractivity contribution in [2.75, 3.05) is 0 Å². The maximum absolute atomic E-state index is 5.28. The van der Waals surface area contributed by atoms with Gasteiger partial charge in [-0.1, -0.05) is 37.3 Å². The van der Waals surface area contributed by atoms with Crippen molar-refractivity contribution in [2.45, 2.75) is 39.4 Å². The minimum atomic E-state index is -0.200. The van der Waals surface area contributed by atoms with Gasteiger partial charge in [0.05, 0.1) is 5.60 Å². The van der Waals surface area contributed by atoms with Gasteiger partial charge in [-0.05, 0) is 25.8 Å². The van der Waals surface area contributed by atoms with Crippen molar-refractivity contribution in [3.05, 3.63) is 35.9 Å². The third-order valence-corrected chi connectivity index (χ3v) is 2.20. The highest BCUT2D eigenvalue weighted by Crippen LogP contribution is 2.14. The Balaban J connectivity index is 2.29. The molecule has 0 aliphatic heterocycles. The van der Waals surface area contributed by atoms with Gasteiger partial charge in [0.25, 0.3) is 0 Å². The molecule has 0 aromatic heterocycles. The summed E-state index contributed by atoms with van der Waals surface area (Å²) in [4.78, 5) is 10.5. The Morgan fingerprint density at radius 3 is 2.36 bits per heavy atom. The first kappa shape index (κ1) is 11.2. The zero-order chi connectivity index (χ0) is 10.4. The van der Waals surface area contributed by atoms with E-state index in [1.54, 1.807) is 0 Å². The molecule has 2 heteroatoms. The first-order chi connectivity index (χ1) is 6.64. The van der Waals surface area contributed by atoms with Crippen LogP contribution in [-0.2, 0) is 16.4 Å². The molecule has 1 aromatic rings. The van der Waals surface area contributed by atoms with E-state index in [0.29, 0.717) is 6.61 Å². The van der Waals surface area contributed by atoms with Crippen LogP contribution in [0.3, 0.4) is 0 Å². The van der Waals surface area contributed by atoms with Crippen molar-refractivity contribution in [1.82, 2.24) is 0 Å². The lowest BCUT2D eigenvalue weighted by Gasteiger charge is -2.21. The van der Waals surface area contributed by atoms with Crippen molar-refractivity contribution in [2.24, 2.45) is 0 Å². The van der Waals surface area contributed by atoms with Crippen molar-refractivity contribution < 1.29 is 9.78 Å². The van der Waals surface area contributed by atoms with Gasteiger partial charge in [0.2, 0.25) is 0 Å². The molecule has 0 saturated carbocycles. The van der Waals surface area contributed by atoms with Gasteiger partial charge in [-0.2, -0.15) is 0 Å². The molecule has 0 aliphatic rings. The average Bonchev–Trinajstić information content (AvgIpc) is 2.19. The lowest BCUT2D eigenvalue weighted by Crippen LogP contribution is -2.23. The van der Waals surface area contributed by atoms with E-state index < -0.39 is 0 Å². The van der Waals surface area contributed by atoms with Gasteiger partial charge in [-0.15, -0.1) is 0 Å². The third kappa shape index (κ3) is 3.90. The Hall–Kier alpha value is -0.860. The minimum absolute atomic E-state index is 0.200. The van der Waals surface area contributed by atoms with Crippen LogP contribution in [0.2, 0.25) is 0 Å². The Morgan fingerprint density at radius 1 is 1.14 bits per heavy atom. The predicted octanol–water partition coefficient (Wildman–Crippen LogP) is 3.32. The fourth-order valence-corrected chi connectivity index (χ4v) is 0.890. The lowest BCUT2D eigenvalue weighted by atomic mass is 10.1. The molecular formula is C12H18O2. The van der Waals surface area contributed by atoms with Crippen LogP contribution < -0.4 is 0 Å². The maximum Gasteiger partial charge on any atom is 0.107 e. The predicted molar refractivity (Wildman–Crippen MR) is 56.7 cm³/mol. The molecule has 0 saturated heterocycles. The van der Waals surface area contributed by atoms with Gasteiger partial charge in [0, 0.05) is 0 Å². The summed E-state index contributed by atoms with van der Waals surface area (Å²) in [5.74, 6) is 0. The number of benzene rings is 1. The Morgan fingerprint density at radius 2 is 1.79 bits per heavy atom. The molecule has 0 atom stereocenters. The second-order valence-corrected chi connectivity index (χ2v) is 3.94. The fraction of sp³-hybridized carbons (Fsp3) is 0.500. The van der Waals surface area contributed by atoms with Gasteiger partial charge >= 0.3 is 0 Å². The summed E-state index contributed by atoms with van der Waals surface area (Å²) in [6, 6.07) is 10.00. The minimum Gasteiger partial charge on any atom is -0.231 e. The van der Waals surface area contributed by atoms with E-state index in [-0.39, 0.29) is 5.60 Å². The molecular weight excluding hydrogens is 176 g/mol. The second kappa shape index (κ2) is 5.13. The van der Waals surface area contributed by atoms with E-state index in [4.69, 9.17) is 9.78 Å².